The zero-order valence-electron chi connectivity index (χ0n) is 9.07. The van der Waals surface area contributed by atoms with Crippen LogP contribution in [0.1, 0.15) is 19.3 Å². The number of sulfonamides is 1. The molecule has 0 saturated carbocycles. The highest BCUT2D eigenvalue weighted by Gasteiger charge is 2.38. The summed E-state index contributed by atoms with van der Waals surface area (Å²) in [7, 11) is -3.83. The normalized spacial score (nSPS) is 22.5. The van der Waals surface area contributed by atoms with Crippen molar-refractivity contribution < 1.29 is 22.7 Å². The van der Waals surface area contributed by atoms with E-state index in [1.807, 2.05) is 0 Å². The Morgan fingerprint density at radius 3 is 2.82 bits per heavy atom. The van der Waals surface area contributed by atoms with E-state index in [-0.39, 0.29) is 11.6 Å². The molecule has 1 fully saturated rings. The van der Waals surface area contributed by atoms with Gasteiger partial charge in [-0.25, -0.2) is 8.42 Å². The van der Waals surface area contributed by atoms with Gasteiger partial charge in [-0.2, -0.15) is 4.31 Å². The van der Waals surface area contributed by atoms with E-state index >= 15 is 0 Å². The minimum Gasteiger partial charge on any atom is -0.480 e. The lowest BCUT2D eigenvalue weighted by molar-refractivity contribution is -0.142. The average molecular weight is 259 g/mol. The number of nitrogens with zero attached hydrogens (tertiary/aromatic N) is 1. The van der Waals surface area contributed by atoms with Crippen LogP contribution in [0.25, 0.3) is 0 Å². The van der Waals surface area contributed by atoms with Gasteiger partial charge in [-0.3, -0.25) is 4.79 Å². The number of rotatable bonds is 3. The molecule has 94 valence electrons. The molecule has 1 saturated heterocycles. The van der Waals surface area contributed by atoms with E-state index in [0.29, 0.717) is 12.8 Å². The zero-order valence-corrected chi connectivity index (χ0v) is 9.89. The third-order valence-corrected chi connectivity index (χ3v) is 4.59. The van der Waals surface area contributed by atoms with Crippen LogP contribution in [0.2, 0.25) is 0 Å². The van der Waals surface area contributed by atoms with Crippen molar-refractivity contribution in [1.29, 1.82) is 0 Å². The molecule has 1 aliphatic rings. The van der Waals surface area contributed by atoms with Gasteiger partial charge in [0.05, 0.1) is 6.26 Å². The monoisotopic (exact) mass is 259 g/mol. The van der Waals surface area contributed by atoms with E-state index in [1.54, 1.807) is 0 Å². The van der Waals surface area contributed by atoms with Gasteiger partial charge in [0.25, 0.3) is 10.0 Å². The van der Waals surface area contributed by atoms with Gasteiger partial charge >= 0.3 is 5.97 Å². The molecule has 0 radical (unpaired) electrons. The molecule has 1 N–H and O–H groups in total. The Hall–Kier alpha value is -1.34. The molecular formula is C10H13NO5S. The van der Waals surface area contributed by atoms with Crippen LogP contribution in [-0.2, 0) is 14.8 Å². The molecule has 0 unspecified atom stereocenters. The summed E-state index contributed by atoms with van der Waals surface area (Å²) in [6.07, 6.45) is 2.99. The first-order valence-corrected chi connectivity index (χ1v) is 6.75. The molecule has 2 rings (SSSR count). The first-order valence-electron chi connectivity index (χ1n) is 5.31. The Morgan fingerprint density at radius 2 is 2.24 bits per heavy atom. The lowest BCUT2D eigenvalue weighted by Crippen LogP contribution is -2.47. The minimum absolute atomic E-state index is 0.203. The highest BCUT2D eigenvalue weighted by molar-refractivity contribution is 7.89. The Kier molecular flexibility index (Phi) is 3.21. The van der Waals surface area contributed by atoms with E-state index < -0.39 is 22.0 Å². The van der Waals surface area contributed by atoms with Crippen molar-refractivity contribution in [2.24, 2.45) is 0 Å². The third kappa shape index (κ3) is 2.20. The summed E-state index contributed by atoms with van der Waals surface area (Å²) in [5.41, 5.74) is 0. The Bertz CT molecular complexity index is 493. The van der Waals surface area contributed by atoms with Crippen molar-refractivity contribution in [2.45, 2.75) is 30.4 Å². The molecule has 0 spiro atoms. The van der Waals surface area contributed by atoms with Gasteiger partial charge in [0.1, 0.15) is 6.04 Å². The van der Waals surface area contributed by atoms with Gasteiger partial charge in [-0.15, -0.1) is 0 Å². The maximum absolute atomic E-state index is 12.1. The number of hydrogen-bond acceptors (Lipinski definition) is 4. The highest BCUT2D eigenvalue weighted by atomic mass is 32.2. The van der Waals surface area contributed by atoms with Crippen LogP contribution >= 0.6 is 0 Å². The predicted molar refractivity (Wildman–Crippen MR) is 57.9 cm³/mol. The van der Waals surface area contributed by atoms with Gasteiger partial charge in [0, 0.05) is 6.54 Å². The second kappa shape index (κ2) is 4.50. The van der Waals surface area contributed by atoms with Crippen molar-refractivity contribution in [3.63, 3.8) is 0 Å². The summed E-state index contributed by atoms with van der Waals surface area (Å²) >= 11 is 0. The van der Waals surface area contributed by atoms with Crippen LogP contribution in [0.5, 0.6) is 0 Å². The quantitative estimate of drug-likeness (QED) is 0.871. The summed E-state index contributed by atoms with van der Waals surface area (Å²) in [6.45, 7) is 0.222. The molecule has 2 heterocycles. The molecule has 7 heteroatoms. The van der Waals surface area contributed by atoms with Crippen molar-refractivity contribution in [3.05, 3.63) is 18.4 Å². The summed E-state index contributed by atoms with van der Waals surface area (Å²) < 4.78 is 30.1. The van der Waals surface area contributed by atoms with E-state index in [1.165, 1.54) is 18.4 Å². The van der Waals surface area contributed by atoms with E-state index in [4.69, 9.17) is 9.52 Å². The fourth-order valence-electron chi connectivity index (χ4n) is 1.97. The molecule has 0 aliphatic carbocycles. The first-order chi connectivity index (χ1) is 8.03. The van der Waals surface area contributed by atoms with E-state index in [0.717, 1.165) is 10.7 Å². The maximum Gasteiger partial charge on any atom is 0.322 e. The van der Waals surface area contributed by atoms with Gasteiger partial charge in [-0.1, -0.05) is 0 Å². The summed E-state index contributed by atoms with van der Waals surface area (Å²) in [5.74, 6) is -1.11. The van der Waals surface area contributed by atoms with Crippen molar-refractivity contribution in [2.75, 3.05) is 6.54 Å². The smallest absolute Gasteiger partial charge is 0.322 e. The lowest BCUT2D eigenvalue weighted by atomic mass is 10.1. The second-order valence-corrected chi connectivity index (χ2v) is 5.72. The maximum atomic E-state index is 12.1. The molecule has 0 aromatic carbocycles. The van der Waals surface area contributed by atoms with Crippen LogP contribution in [0, 0.1) is 0 Å². The highest BCUT2D eigenvalue weighted by Crippen LogP contribution is 2.25. The van der Waals surface area contributed by atoms with E-state index in [2.05, 4.69) is 0 Å². The van der Waals surface area contributed by atoms with Crippen LogP contribution in [0.3, 0.4) is 0 Å². The van der Waals surface area contributed by atoms with Gasteiger partial charge in [0.15, 0.2) is 0 Å². The number of hydrogen-bond donors (Lipinski definition) is 1. The zero-order chi connectivity index (χ0) is 12.5. The SMILES string of the molecule is O=C(O)[C@H]1CCCCN1S(=O)(=O)c1ccco1. The molecule has 1 aliphatic heterocycles. The number of carboxylic acids is 1. The molecule has 17 heavy (non-hydrogen) atoms. The molecule has 1 atom stereocenters. The summed E-state index contributed by atoms with van der Waals surface area (Å²) in [6, 6.07) is 1.80. The number of aliphatic carboxylic acids is 1. The summed E-state index contributed by atoms with van der Waals surface area (Å²) in [4.78, 5) is 11.0. The standard InChI is InChI=1S/C10H13NO5S/c12-10(13)8-4-1-2-6-11(8)17(14,15)9-5-3-7-16-9/h3,5,7-8H,1-2,4,6H2,(H,12,13)/t8-/m1/s1. The largest absolute Gasteiger partial charge is 0.480 e. The van der Waals surface area contributed by atoms with Crippen molar-refractivity contribution in [3.8, 4) is 0 Å². The molecule has 0 amide bonds. The number of furan rings is 1. The Morgan fingerprint density at radius 1 is 1.47 bits per heavy atom. The van der Waals surface area contributed by atoms with Crippen LogP contribution in [0.4, 0.5) is 0 Å². The third-order valence-electron chi connectivity index (χ3n) is 2.80. The molecule has 1 aromatic heterocycles. The number of carboxylic acid groups (broad SMARTS) is 1. The summed E-state index contributed by atoms with van der Waals surface area (Å²) in [5, 5.41) is 8.83. The van der Waals surface area contributed by atoms with Gasteiger partial charge < -0.3 is 9.52 Å². The van der Waals surface area contributed by atoms with Crippen LogP contribution < -0.4 is 0 Å². The Labute approximate surface area is 98.9 Å². The first kappa shape index (κ1) is 12.1. The predicted octanol–water partition coefficient (Wildman–Crippen LogP) is 0.907. The molecule has 0 bridgehead atoms. The average Bonchev–Trinajstić information content (AvgIpc) is 2.83. The number of piperidine rings is 1. The van der Waals surface area contributed by atoms with Gasteiger partial charge in [0.2, 0.25) is 5.09 Å². The van der Waals surface area contributed by atoms with Crippen LogP contribution in [0.15, 0.2) is 27.9 Å². The van der Waals surface area contributed by atoms with Gasteiger partial charge in [-0.05, 0) is 31.4 Å². The fraction of sp³-hybridized carbons (Fsp3) is 0.500. The van der Waals surface area contributed by atoms with E-state index in [9.17, 15) is 13.2 Å². The second-order valence-electron chi connectivity index (χ2n) is 3.90. The lowest BCUT2D eigenvalue weighted by Gasteiger charge is -2.30. The fourth-order valence-corrected chi connectivity index (χ4v) is 3.52. The van der Waals surface area contributed by atoms with Crippen molar-refractivity contribution in [1.82, 2.24) is 4.31 Å². The van der Waals surface area contributed by atoms with Crippen LogP contribution in [-0.4, -0.2) is 36.4 Å². The molecular weight excluding hydrogens is 246 g/mol. The minimum atomic E-state index is -3.83. The molecule has 6 nitrogen and oxygen atoms in total. The Balaban J connectivity index is 2.34. The molecule has 1 aromatic rings. The number of carbonyl (C=O) groups is 1. The topological polar surface area (TPSA) is 87.8 Å². The van der Waals surface area contributed by atoms with Crippen molar-refractivity contribution >= 4 is 16.0 Å².